The minimum atomic E-state index is -1.14. The summed E-state index contributed by atoms with van der Waals surface area (Å²) < 4.78 is 11.8. The minimum Gasteiger partial charge on any atom is -0.507 e. The van der Waals surface area contributed by atoms with Crippen molar-refractivity contribution in [2.45, 2.75) is 18.9 Å². The predicted molar refractivity (Wildman–Crippen MR) is 147 cm³/mol. The minimum absolute atomic E-state index is 0.00531. The van der Waals surface area contributed by atoms with E-state index in [0.717, 1.165) is 29.0 Å². The first-order chi connectivity index (χ1) is 18.5. The van der Waals surface area contributed by atoms with Crippen LogP contribution in [0.2, 0.25) is 0 Å². The number of nitrogens with one attached hydrogen (secondary N) is 2. The number of carbonyl (C=O) groups is 1. The number of benzene rings is 2. The van der Waals surface area contributed by atoms with Crippen molar-refractivity contribution in [3.63, 3.8) is 0 Å². The summed E-state index contributed by atoms with van der Waals surface area (Å²) in [4.78, 5) is 16.6. The van der Waals surface area contributed by atoms with Gasteiger partial charge in [0.05, 0.1) is 6.04 Å². The Morgan fingerprint density at radius 2 is 2.00 bits per heavy atom. The first-order valence-electron chi connectivity index (χ1n) is 12.4. The number of carboxylic acids is 1. The van der Waals surface area contributed by atoms with Crippen molar-refractivity contribution in [1.82, 2.24) is 15.6 Å². The number of ether oxygens (including phenoxy) is 1. The van der Waals surface area contributed by atoms with Crippen molar-refractivity contribution in [2.75, 3.05) is 26.7 Å². The number of phenolic OH excluding ortho intramolecular Hbond substituents is 1. The van der Waals surface area contributed by atoms with Crippen LogP contribution < -0.4 is 15.4 Å². The highest BCUT2D eigenvalue weighted by molar-refractivity contribution is 6.29. The molecule has 0 bridgehead atoms. The van der Waals surface area contributed by atoms with Crippen molar-refractivity contribution in [1.29, 1.82) is 0 Å². The molecule has 0 saturated heterocycles. The van der Waals surface area contributed by atoms with E-state index in [1.807, 2.05) is 43.5 Å². The summed E-state index contributed by atoms with van der Waals surface area (Å²) in [5, 5.41) is 30.5. The number of carboxylic acid groups (broad SMARTS) is 1. The van der Waals surface area contributed by atoms with Crippen LogP contribution in [0.4, 0.5) is 0 Å². The lowest BCUT2D eigenvalue weighted by atomic mass is 9.90. The van der Waals surface area contributed by atoms with Crippen LogP contribution in [0.1, 0.15) is 40.4 Å². The molecule has 2 aromatic carbocycles. The Morgan fingerprint density at radius 3 is 2.74 bits per heavy atom. The summed E-state index contributed by atoms with van der Waals surface area (Å²) in [6.45, 7) is 1.59. The first kappa shape index (κ1) is 25.8. The van der Waals surface area contributed by atoms with E-state index in [4.69, 9.17) is 20.8 Å². The van der Waals surface area contributed by atoms with E-state index in [1.165, 1.54) is 6.26 Å². The van der Waals surface area contributed by atoms with Gasteiger partial charge in [0.2, 0.25) is 5.88 Å². The number of likely N-dealkylation sites (N-methyl/N-ethyl adjacent to an activating group) is 1. The number of hydrogen-bond donors (Lipinski definition) is 4. The third-order valence-corrected chi connectivity index (χ3v) is 6.98. The average molecular weight is 534 g/mol. The fourth-order valence-corrected chi connectivity index (χ4v) is 4.92. The van der Waals surface area contributed by atoms with E-state index in [1.54, 1.807) is 18.3 Å². The van der Waals surface area contributed by atoms with Gasteiger partial charge in [-0.25, -0.2) is 9.78 Å². The standard InChI is InChI=1S/C29H28ClN3O5/c1-31-12-13-33-26(18-10-11-32-23(14-18)37-15-17-6-8-19(30)9-7-17)25-24-22(29(35)36)16-38-28(24)21-5-3-2-4-20(21)27(25)34/h2-6,8,10-11,14,16,26,31,33-34H,7,9,12-13,15H2,1H3,(H,35,36). The number of aromatic hydroxyl groups is 1. The van der Waals surface area contributed by atoms with Crippen molar-refractivity contribution in [3.8, 4) is 11.6 Å². The van der Waals surface area contributed by atoms with E-state index in [-0.39, 0.29) is 11.3 Å². The van der Waals surface area contributed by atoms with E-state index in [2.05, 4.69) is 15.6 Å². The largest absolute Gasteiger partial charge is 0.507 e. The summed E-state index contributed by atoms with van der Waals surface area (Å²) >= 11 is 6.07. The molecule has 4 N–H and O–H groups in total. The topological polar surface area (TPSA) is 117 Å². The SMILES string of the molecule is CNCCNC(c1ccnc(OCC2=CC=C(Cl)CC2)c1)c1c(O)c2ccccc2c2occ(C(=O)O)c12. The number of allylic oxidation sites excluding steroid dienone is 3. The molecule has 1 aliphatic rings. The predicted octanol–water partition coefficient (Wildman–Crippen LogP) is 5.50. The summed E-state index contributed by atoms with van der Waals surface area (Å²) in [5.74, 6) is -0.719. The molecule has 1 unspecified atom stereocenters. The Hall–Kier alpha value is -3.85. The van der Waals surface area contributed by atoms with E-state index >= 15 is 0 Å². The number of hydrogen-bond acceptors (Lipinski definition) is 7. The van der Waals surface area contributed by atoms with Crippen LogP contribution >= 0.6 is 11.6 Å². The highest BCUT2D eigenvalue weighted by Crippen LogP contribution is 2.44. The van der Waals surface area contributed by atoms with Gasteiger partial charge in [-0.3, -0.25) is 0 Å². The molecular formula is C29H28ClN3O5. The molecule has 2 heterocycles. The highest BCUT2D eigenvalue weighted by atomic mass is 35.5. The monoisotopic (exact) mass is 533 g/mol. The normalized spacial score (nSPS) is 14.4. The average Bonchev–Trinajstić information content (AvgIpc) is 3.38. The zero-order chi connectivity index (χ0) is 26.6. The Morgan fingerprint density at radius 1 is 1.18 bits per heavy atom. The molecule has 0 spiro atoms. The molecule has 4 aromatic rings. The van der Waals surface area contributed by atoms with E-state index < -0.39 is 12.0 Å². The Balaban J connectivity index is 1.61. The van der Waals surface area contributed by atoms with Crippen molar-refractivity contribution in [3.05, 3.63) is 88.3 Å². The molecule has 196 valence electrons. The maximum absolute atomic E-state index is 12.2. The van der Waals surface area contributed by atoms with Crippen molar-refractivity contribution in [2.24, 2.45) is 0 Å². The van der Waals surface area contributed by atoms with Gasteiger partial charge >= 0.3 is 5.97 Å². The Kier molecular flexibility index (Phi) is 7.64. The van der Waals surface area contributed by atoms with Gasteiger partial charge < -0.3 is 30.0 Å². The fraction of sp³-hybridized carbons (Fsp3) is 0.241. The summed E-state index contributed by atoms with van der Waals surface area (Å²) in [5.41, 5.74) is 2.69. The second-order valence-electron chi connectivity index (χ2n) is 9.11. The Bertz CT molecular complexity index is 1560. The summed E-state index contributed by atoms with van der Waals surface area (Å²) in [6.07, 6.45) is 8.33. The lowest BCUT2D eigenvalue weighted by Gasteiger charge is -2.23. The number of aromatic nitrogens is 1. The van der Waals surface area contributed by atoms with Gasteiger partial charge in [0.15, 0.2) is 0 Å². The molecule has 1 aliphatic carbocycles. The second kappa shape index (κ2) is 11.3. The molecule has 5 rings (SSSR count). The lowest BCUT2D eigenvalue weighted by molar-refractivity contribution is 0.0698. The Labute approximate surface area is 224 Å². The highest BCUT2D eigenvalue weighted by Gasteiger charge is 2.28. The van der Waals surface area contributed by atoms with Gasteiger partial charge in [-0.2, -0.15) is 0 Å². The van der Waals surface area contributed by atoms with E-state index in [9.17, 15) is 15.0 Å². The van der Waals surface area contributed by atoms with Gasteiger partial charge in [0, 0.05) is 52.1 Å². The number of rotatable bonds is 10. The van der Waals surface area contributed by atoms with Gasteiger partial charge in [0.1, 0.15) is 29.8 Å². The van der Waals surface area contributed by atoms with Crippen LogP contribution in [0.3, 0.4) is 0 Å². The smallest absolute Gasteiger partial charge is 0.339 e. The first-order valence-corrected chi connectivity index (χ1v) is 12.7. The number of fused-ring (bicyclic) bond motifs is 3. The van der Waals surface area contributed by atoms with Crippen molar-refractivity contribution >= 4 is 39.3 Å². The molecule has 0 radical (unpaired) electrons. The molecule has 1 atom stereocenters. The van der Waals surface area contributed by atoms with Gasteiger partial charge in [0.25, 0.3) is 0 Å². The molecule has 0 saturated carbocycles. The summed E-state index contributed by atoms with van der Waals surface area (Å²) in [7, 11) is 1.85. The van der Waals surface area contributed by atoms with Crippen LogP contribution in [0.5, 0.6) is 11.6 Å². The molecule has 8 nitrogen and oxygen atoms in total. The zero-order valence-electron chi connectivity index (χ0n) is 20.8. The maximum atomic E-state index is 12.2. The third-order valence-electron chi connectivity index (χ3n) is 6.67. The van der Waals surface area contributed by atoms with Crippen LogP contribution in [0, 0.1) is 0 Å². The summed E-state index contributed by atoms with van der Waals surface area (Å²) in [6, 6.07) is 10.3. The second-order valence-corrected chi connectivity index (χ2v) is 9.60. The van der Waals surface area contributed by atoms with Crippen LogP contribution in [-0.2, 0) is 0 Å². The van der Waals surface area contributed by atoms with Gasteiger partial charge in [-0.05, 0) is 43.2 Å². The van der Waals surface area contributed by atoms with Gasteiger partial charge in [-0.15, -0.1) is 0 Å². The molecule has 38 heavy (non-hydrogen) atoms. The van der Waals surface area contributed by atoms with Crippen LogP contribution in [-0.4, -0.2) is 47.9 Å². The number of phenols is 1. The molecule has 0 amide bonds. The van der Waals surface area contributed by atoms with Crippen molar-refractivity contribution < 1.29 is 24.2 Å². The number of furan rings is 1. The lowest BCUT2D eigenvalue weighted by Crippen LogP contribution is -2.30. The third kappa shape index (κ3) is 5.11. The maximum Gasteiger partial charge on any atom is 0.339 e. The number of pyridine rings is 1. The number of halogens is 1. The number of aromatic carboxylic acids is 1. The molecular weight excluding hydrogens is 506 g/mol. The van der Waals surface area contributed by atoms with E-state index in [0.29, 0.717) is 52.9 Å². The fourth-order valence-electron chi connectivity index (χ4n) is 4.77. The molecule has 0 fully saturated rings. The van der Waals surface area contributed by atoms with Crippen LogP contribution in [0.25, 0.3) is 21.7 Å². The zero-order valence-corrected chi connectivity index (χ0v) is 21.6. The quantitative estimate of drug-likeness (QED) is 0.197. The van der Waals surface area contributed by atoms with Crippen LogP contribution in [0.15, 0.2) is 76.0 Å². The van der Waals surface area contributed by atoms with Gasteiger partial charge in [-0.1, -0.05) is 41.9 Å². The molecule has 2 aromatic heterocycles. The molecule has 9 heteroatoms. The molecule has 0 aliphatic heterocycles. The number of nitrogens with zero attached hydrogens (tertiary/aromatic N) is 1.